The lowest BCUT2D eigenvalue weighted by atomic mass is 10.1. The van der Waals surface area contributed by atoms with Gasteiger partial charge in [-0.1, -0.05) is 52.5 Å². The van der Waals surface area contributed by atoms with Gasteiger partial charge in [-0.05, 0) is 38.1 Å². The van der Waals surface area contributed by atoms with E-state index in [0.29, 0.717) is 19.6 Å². The first kappa shape index (κ1) is 19.8. The number of anilines is 1. The van der Waals surface area contributed by atoms with Crippen LogP contribution in [0.2, 0.25) is 15.1 Å². The molecule has 0 bridgehead atoms. The van der Waals surface area contributed by atoms with Crippen LogP contribution in [0, 0.1) is 6.92 Å². The average Bonchev–Trinajstić information content (AvgIpc) is 2.59. The van der Waals surface area contributed by atoms with Crippen molar-refractivity contribution in [3.05, 3.63) is 57.0 Å². The minimum atomic E-state index is -3.75. The summed E-state index contributed by atoms with van der Waals surface area (Å²) in [6.07, 6.45) is 0. The van der Waals surface area contributed by atoms with Gasteiger partial charge in [0.1, 0.15) is 4.90 Å². The SMILES string of the molecule is Cc1ccc(N2CCN(S(=O)(=O)c3cc(Cl)c(Cl)cc3Cl)C[C@H]2C)cc1. The Morgan fingerprint density at radius 3 is 2.19 bits per heavy atom. The molecule has 0 unspecified atom stereocenters. The van der Waals surface area contributed by atoms with E-state index in [1.54, 1.807) is 0 Å². The molecule has 0 radical (unpaired) electrons. The maximum atomic E-state index is 13.0. The summed E-state index contributed by atoms with van der Waals surface area (Å²) in [5, 5.41) is 0.474. The Labute approximate surface area is 169 Å². The number of piperazine rings is 1. The minimum absolute atomic E-state index is 0.00967. The molecule has 140 valence electrons. The van der Waals surface area contributed by atoms with Crippen molar-refractivity contribution >= 4 is 50.5 Å². The molecule has 1 aliphatic heterocycles. The Morgan fingerprint density at radius 1 is 0.962 bits per heavy atom. The number of hydrogen-bond donors (Lipinski definition) is 0. The summed E-state index contributed by atoms with van der Waals surface area (Å²) in [6, 6.07) is 10.9. The number of halogens is 3. The minimum Gasteiger partial charge on any atom is -0.366 e. The van der Waals surface area contributed by atoms with E-state index in [0.717, 1.165) is 5.69 Å². The van der Waals surface area contributed by atoms with Gasteiger partial charge in [0.15, 0.2) is 0 Å². The van der Waals surface area contributed by atoms with Gasteiger partial charge in [-0.25, -0.2) is 8.42 Å². The number of hydrogen-bond acceptors (Lipinski definition) is 3. The fourth-order valence-electron chi connectivity index (χ4n) is 3.10. The molecule has 0 saturated carbocycles. The van der Waals surface area contributed by atoms with Crippen LogP contribution in [0.25, 0.3) is 0 Å². The van der Waals surface area contributed by atoms with Crippen LogP contribution in [0.15, 0.2) is 41.3 Å². The lowest BCUT2D eigenvalue weighted by Crippen LogP contribution is -2.53. The molecule has 0 aromatic heterocycles. The van der Waals surface area contributed by atoms with Crippen LogP contribution in [0.1, 0.15) is 12.5 Å². The van der Waals surface area contributed by atoms with Crippen molar-refractivity contribution in [2.24, 2.45) is 0 Å². The largest absolute Gasteiger partial charge is 0.366 e. The summed E-state index contributed by atoms with van der Waals surface area (Å²) >= 11 is 18.0. The van der Waals surface area contributed by atoms with Gasteiger partial charge in [-0.15, -0.1) is 0 Å². The molecule has 4 nitrogen and oxygen atoms in total. The summed E-state index contributed by atoms with van der Waals surface area (Å²) in [4.78, 5) is 2.20. The van der Waals surface area contributed by atoms with Crippen LogP contribution in [0.4, 0.5) is 5.69 Å². The Bertz CT molecular complexity index is 917. The fraction of sp³-hybridized carbons (Fsp3) is 0.333. The van der Waals surface area contributed by atoms with E-state index < -0.39 is 10.0 Å². The molecule has 2 aromatic carbocycles. The molecule has 1 saturated heterocycles. The molecule has 1 fully saturated rings. The van der Waals surface area contributed by atoms with Gasteiger partial charge in [-0.3, -0.25) is 0 Å². The van der Waals surface area contributed by atoms with E-state index in [2.05, 4.69) is 29.2 Å². The average molecular weight is 434 g/mol. The van der Waals surface area contributed by atoms with Crippen LogP contribution in [0.3, 0.4) is 0 Å². The normalized spacial score (nSPS) is 19.0. The number of sulfonamides is 1. The van der Waals surface area contributed by atoms with E-state index in [1.807, 2.05) is 13.8 Å². The summed E-state index contributed by atoms with van der Waals surface area (Å²) < 4.78 is 27.5. The number of rotatable bonds is 3. The maximum Gasteiger partial charge on any atom is 0.244 e. The third-order valence-corrected chi connectivity index (χ3v) is 7.60. The van der Waals surface area contributed by atoms with Crippen LogP contribution < -0.4 is 4.90 Å². The van der Waals surface area contributed by atoms with Crippen LogP contribution in [-0.4, -0.2) is 38.4 Å². The molecule has 0 aliphatic carbocycles. The topological polar surface area (TPSA) is 40.6 Å². The highest BCUT2D eigenvalue weighted by Crippen LogP contribution is 2.34. The Morgan fingerprint density at radius 2 is 1.58 bits per heavy atom. The second-order valence-electron chi connectivity index (χ2n) is 6.44. The standard InChI is InChI=1S/C18H19Cl3N2O2S/c1-12-3-5-14(6-4-12)23-8-7-22(11-13(23)2)26(24,25)18-10-16(20)15(19)9-17(18)21/h3-6,9-10,13H,7-8,11H2,1-2H3/t13-/m1/s1. The van der Waals surface area contributed by atoms with Crippen molar-refractivity contribution in [3.8, 4) is 0 Å². The highest BCUT2D eigenvalue weighted by Gasteiger charge is 2.34. The third-order valence-electron chi connectivity index (χ3n) is 4.55. The second kappa shape index (κ2) is 7.56. The highest BCUT2D eigenvalue weighted by molar-refractivity contribution is 7.89. The van der Waals surface area contributed by atoms with Crippen molar-refractivity contribution in [2.45, 2.75) is 24.8 Å². The zero-order valence-electron chi connectivity index (χ0n) is 14.4. The monoisotopic (exact) mass is 432 g/mol. The number of benzene rings is 2. The van der Waals surface area contributed by atoms with Crippen molar-refractivity contribution < 1.29 is 8.42 Å². The molecule has 0 spiro atoms. The smallest absolute Gasteiger partial charge is 0.244 e. The van der Waals surface area contributed by atoms with Gasteiger partial charge in [0, 0.05) is 31.4 Å². The second-order valence-corrected chi connectivity index (χ2v) is 9.57. The van der Waals surface area contributed by atoms with Gasteiger partial charge in [-0.2, -0.15) is 4.31 Å². The molecule has 0 N–H and O–H groups in total. The van der Waals surface area contributed by atoms with E-state index in [9.17, 15) is 8.42 Å². The van der Waals surface area contributed by atoms with E-state index in [-0.39, 0.29) is 26.0 Å². The van der Waals surface area contributed by atoms with Gasteiger partial charge >= 0.3 is 0 Å². The summed E-state index contributed by atoms with van der Waals surface area (Å²) in [5.74, 6) is 0. The molecule has 1 heterocycles. The molecular weight excluding hydrogens is 415 g/mol. The van der Waals surface area contributed by atoms with Crippen molar-refractivity contribution in [1.29, 1.82) is 0 Å². The van der Waals surface area contributed by atoms with Crippen molar-refractivity contribution in [1.82, 2.24) is 4.31 Å². The fourth-order valence-corrected chi connectivity index (χ4v) is 5.59. The molecule has 3 rings (SSSR count). The predicted octanol–water partition coefficient (Wildman–Crippen LogP) is 4.85. The quantitative estimate of drug-likeness (QED) is 0.649. The zero-order valence-corrected chi connectivity index (χ0v) is 17.5. The lowest BCUT2D eigenvalue weighted by molar-refractivity contribution is 0.342. The van der Waals surface area contributed by atoms with Gasteiger partial charge in [0.25, 0.3) is 0 Å². The molecule has 1 atom stereocenters. The number of nitrogens with zero attached hydrogens (tertiary/aromatic N) is 2. The Kier molecular flexibility index (Phi) is 5.75. The van der Waals surface area contributed by atoms with E-state index in [4.69, 9.17) is 34.8 Å². The van der Waals surface area contributed by atoms with Crippen molar-refractivity contribution in [2.75, 3.05) is 24.5 Å². The maximum absolute atomic E-state index is 13.0. The lowest BCUT2D eigenvalue weighted by Gasteiger charge is -2.40. The van der Waals surface area contributed by atoms with Crippen LogP contribution >= 0.6 is 34.8 Å². The molecule has 1 aliphatic rings. The summed E-state index contributed by atoms with van der Waals surface area (Å²) in [5.41, 5.74) is 2.28. The van der Waals surface area contributed by atoms with E-state index >= 15 is 0 Å². The van der Waals surface area contributed by atoms with Crippen LogP contribution in [-0.2, 0) is 10.0 Å². The molecule has 2 aromatic rings. The summed E-state index contributed by atoms with van der Waals surface area (Å²) in [7, 11) is -3.75. The molecule has 8 heteroatoms. The highest BCUT2D eigenvalue weighted by atomic mass is 35.5. The van der Waals surface area contributed by atoms with E-state index in [1.165, 1.54) is 22.0 Å². The first-order chi connectivity index (χ1) is 12.2. The molecule has 0 amide bonds. The van der Waals surface area contributed by atoms with Gasteiger partial charge < -0.3 is 4.90 Å². The summed E-state index contributed by atoms with van der Waals surface area (Å²) in [6.45, 7) is 5.39. The third kappa shape index (κ3) is 3.82. The first-order valence-electron chi connectivity index (χ1n) is 8.18. The van der Waals surface area contributed by atoms with Crippen LogP contribution in [0.5, 0.6) is 0 Å². The van der Waals surface area contributed by atoms with Gasteiger partial charge in [0.2, 0.25) is 10.0 Å². The van der Waals surface area contributed by atoms with Gasteiger partial charge in [0.05, 0.1) is 15.1 Å². The number of aryl methyl sites for hydroxylation is 1. The Balaban J connectivity index is 1.84. The Hall–Kier alpha value is -0.980. The van der Waals surface area contributed by atoms with Crippen molar-refractivity contribution in [3.63, 3.8) is 0 Å². The zero-order chi connectivity index (χ0) is 19.1. The molecular formula is C18H19Cl3N2O2S. The predicted molar refractivity (Wildman–Crippen MR) is 108 cm³/mol. The molecule has 26 heavy (non-hydrogen) atoms. The first-order valence-corrected chi connectivity index (χ1v) is 10.8.